The molecule has 0 aromatic carbocycles. The first-order chi connectivity index (χ1) is 7.85. The molecule has 0 aliphatic rings. The van der Waals surface area contributed by atoms with Gasteiger partial charge < -0.3 is 15.3 Å². The van der Waals surface area contributed by atoms with Gasteiger partial charge in [-0.25, -0.2) is 0 Å². The molecule has 0 bridgehead atoms. The number of aliphatic hydroxyl groups is 3. The van der Waals surface area contributed by atoms with Crippen molar-refractivity contribution >= 4 is 0 Å². The summed E-state index contributed by atoms with van der Waals surface area (Å²) in [7, 11) is 0. The smallest absolute Gasteiger partial charge is 0.0766 e. The molecule has 0 aromatic rings. The molecule has 0 heterocycles. The average Bonchev–Trinajstić information content (AvgIpc) is 2.29. The molecule has 0 amide bonds. The third kappa shape index (κ3) is 10.2. The Hall–Kier alpha value is -0.280. The first kappa shape index (κ1) is 15.7. The predicted molar refractivity (Wildman–Crippen MR) is 54.8 cm³/mol. The van der Waals surface area contributed by atoms with Gasteiger partial charge in [0.1, 0.15) is 0 Å². The fraction of sp³-hybridized carbons (Fsp3) is 1.00. The van der Waals surface area contributed by atoms with E-state index in [-0.39, 0.29) is 39.6 Å². The second-order valence-electron chi connectivity index (χ2n) is 2.95. The van der Waals surface area contributed by atoms with Gasteiger partial charge >= 0.3 is 0 Å². The fourth-order valence-corrected chi connectivity index (χ4v) is 0.723. The molecule has 0 aromatic heterocycles. The van der Waals surface area contributed by atoms with Crippen LogP contribution in [0.3, 0.4) is 0 Å². The van der Waals surface area contributed by atoms with Gasteiger partial charge in [-0.05, 0) is 19.3 Å². The largest absolute Gasteiger partial charge is 0.396 e. The Labute approximate surface area is 95.0 Å². The molecule has 0 unspecified atom stereocenters. The van der Waals surface area contributed by atoms with E-state index in [9.17, 15) is 0 Å². The number of hydrogen-bond acceptors (Lipinski definition) is 7. The molecular formula is C9H21NO6. The zero-order valence-corrected chi connectivity index (χ0v) is 9.38. The van der Waals surface area contributed by atoms with Gasteiger partial charge in [0.05, 0.1) is 25.2 Å². The molecule has 0 radical (unpaired) electrons. The first-order valence-corrected chi connectivity index (χ1v) is 5.36. The van der Waals surface area contributed by atoms with Crippen molar-refractivity contribution in [2.24, 2.45) is 0 Å². The van der Waals surface area contributed by atoms with E-state index in [1.165, 1.54) is 0 Å². The second kappa shape index (κ2) is 12.8. The Morgan fingerprint density at radius 3 is 1.19 bits per heavy atom. The van der Waals surface area contributed by atoms with Crippen LogP contribution in [-0.2, 0) is 14.5 Å². The lowest BCUT2D eigenvalue weighted by molar-refractivity contribution is -0.526. The molecule has 3 N–H and O–H groups in total. The van der Waals surface area contributed by atoms with Crippen molar-refractivity contribution in [3.63, 3.8) is 0 Å². The van der Waals surface area contributed by atoms with Crippen molar-refractivity contribution in [3.8, 4) is 0 Å². The summed E-state index contributed by atoms with van der Waals surface area (Å²) < 4.78 is 0. The minimum atomic E-state index is 0.0289. The quantitative estimate of drug-likeness (QED) is 0.304. The van der Waals surface area contributed by atoms with Crippen LogP contribution in [0.2, 0.25) is 0 Å². The molecule has 7 nitrogen and oxygen atoms in total. The highest BCUT2D eigenvalue weighted by atomic mass is 17.2. The standard InChI is InChI=1S/C9H21NO6/c11-4-1-7-14-10(15-8-2-5-12)16-9-3-6-13/h11-13H,1-9H2. The molecule has 98 valence electrons. The minimum absolute atomic E-state index is 0.0289. The molecule has 0 atom stereocenters. The van der Waals surface area contributed by atoms with Crippen molar-refractivity contribution in [3.05, 3.63) is 0 Å². The third-order valence-corrected chi connectivity index (χ3v) is 1.50. The Bertz CT molecular complexity index is 113. The van der Waals surface area contributed by atoms with E-state index in [4.69, 9.17) is 29.8 Å². The van der Waals surface area contributed by atoms with Gasteiger partial charge in [0.15, 0.2) is 0 Å². The van der Waals surface area contributed by atoms with Gasteiger partial charge in [0.25, 0.3) is 0 Å². The molecular weight excluding hydrogens is 218 g/mol. The summed E-state index contributed by atoms with van der Waals surface area (Å²) in [6.45, 7) is 0.904. The maximum absolute atomic E-state index is 8.56. The van der Waals surface area contributed by atoms with Crippen molar-refractivity contribution in [1.29, 1.82) is 0 Å². The van der Waals surface area contributed by atoms with Crippen LogP contribution in [0, 0.1) is 0 Å². The highest BCUT2D eigenvalue weighted by Gasteiger charge is 2.06. The summed E-state index contributed by atoms with van der Waals surface area (Å²) >= 11 is 0. The first-order valence-electron chi connectivity index (χ1n) is 5.36. The fourth-order valence-electron chi connectivity index (χ4n) is 0.723. The van der Waals surface area contributed by atoms with Gasteiger partial charge in [-0.1, -0.05) is 0 Å². The summed E-state index contributed by atoms with van der Waals surface area (Å²) in [5.74, 6) is 0. The van der Waals surface area contributed by atoms with Crippen LogP contribution in [-0.4, -0.2) is 60.4 Å². The van der Waals surface area contributed by atoms with E-state index >= 15 is 0 Å². The van der Waals surface area contributed by atoms with E-state index in [1.54, 1.807) is 0 Å². The highest BCUT2D eigenvalue weighted by Crippen LogP contribution is 1.98. The van der Waals surface area contributed by atoms with Gasteiger partial charge in [0.2, 0.25) is 0 Å². The zero-order valence-electron chi connectivity index (χ0n) is 9.38. The lowest BCUT2D eigenvalue weighted by Gasteiger charge is -2.19. The summed E-state index contributed by atoms with van der Waals surface area (Å²) in [6.07, 6.45) is 1.43. The number of hydrogen-bond donors (Lipinski definition) is 3. The molecule has 0 spiro atoms. The van der Waals surface area contributed by atoms with Crippen LogP contribution in [0.1, 0.15) is 19.3 Å². The van der Waals surface area contributed by atoms with Gasteiger partial charge in [0, 0.05) is 19.8 Å². The van der Waals surface area contributed by atoms with Crippen LogP contribution in [0.25, 0.3) is 0 Å². The zero-order chi connectivity index (χ0) is 12.1. The minimum Gasteiger partial charge on any atom is -0.396 e. The van der Waals surface area contributed by atoms with Gasteiger partial charge in [-0.2, -0.15) is 0 Å². The normalized spacial score (nSPS) is 11.2. The molecule has 0 saturated carbocycles. The van der Waals surface area contributed by atoms with Crippen molar-refractivity contribution in [1.82, 2.24) is 5.39 Å². The molecule has 0 fully saturated rings. The number of nitrogens with zero attached hydrogens (tertiary/aromatic N) is 1. The molecule has 16 heavy (non-hydrogen) atoms. The van der Waals surface area contributed by atoms with Gasteiger partial charge in [-0.15, -0.1) is 0 Å². The summed E-state index contributed by atoms with van der Waals surface area (Å²) in [5.41, 5.74) is 0. The van der Waals surface area contributed by atoms with Crippen LogP contribution in [0.5, 0.6) is 0 Å². The molecule has 0 aliphatic heterocycles. The average molecular weight is 239 g/mol. The summed E-state index contributed by atoms with van der Waals surface area (Å²) in [5, 5.41) is 26.5. The maximum atomic E-state index is 8.56. The van der Waals surface area contributed by atoms with E-state index in [2.05, 4.69) is 0 Å². The Kier molecular flexibility index (Phi) is 12.6. The number of aliphatic hydroxyl groups excluding tert-OH is 3. The van der Waals surface area contributed by atoms with Crippen molar-refractivity contribution in [2.45, 2.75) is 19.3 Å². The predicted octanol–water partition coefficient (Wildman–Crippen LogP) is -0.770. The Balaban J connectivity index is 3.58. The maximum Gasteiger partial charge on any atom is 0.0766 e. The SMILES string of the molecule is OCCCON(OCCCO)OCCCO. The highest BCUT2D eigenvalue weighted by molar-refractivity contribution is 4.30. The van der Waals surface area contributed by atoms with E-state index in [0.717, 1.165) is 5.39 Å². The van der Waals surface area contributed by atoms with Crippen LogP contribution in [0.15, 0.2) is 0 Å². The lowest BCUT2D eigenvalue weighted by atomic mass is 10.5. The second-order valence-corrected chi connectivity index (χ2v) is 2.95. The van der Waals surface area contributed by atoms with E-state index in [1.807, 2.05) is 0 Å². The molecule has 7 heteroatoms. The van der Waals surface area contributed by atoms with E-state index < -0.39 is 0 Å². The van der Waals surface area contributed by atoms with E-state index in [0.29, 0.717) is 19.3 Å². The topological polar surface area (TPSA) is 91.6 Å². The van der Waals surface area contributed by atoms with Crippen LogP contribution < -0.4 is 0 Å². The Morgan fingerprint density at radius 2 is 0.938 bits per heavy atom. The van der Waals surface area contributed by atoms with Crippen LogP contribution in [0.4, 0.5) is 0 Å². The number of rotatable bonds is 12. The Morgan fingerprint density at radius 1 is 0.625 bits per heavy atom. The summed E-state index contributed by atoms with van der Waals surface area (Å²) in [6, 6.07) is 0. The summed E-state index contributed by atoms with van der Waals surface area (Å²) in [4.78, 5) is 15.1. The molecule has 0 rings (SSSR count). The lowest BCUT2D eigenvalue weighted by Crippen LogP contribution is -2.27. The molecule has 0 aliphatic carbocycles. The van der Waals surface area contributed by atoms with Crippen molar-refractivity contribution in [2.75, 3.05) is 39.6 Å². The monoisotopic (exact) mass is 239 g/mol. The molecule has 0 saturated heterocycles. The third-order valence-electron chi connectivity index (χ3n) is 1.50. The van der Waals surface area contributed by atoms with Gasteiger partial charge in [-0.3, -0.25) is 14.5 Å². The van der Waals surface area contributed by atoms with Crippen molar-refractivity contribution < 1.29 is 29.8 Å². The van der Waals surface area contributed by atoms with Crippen LogP contribution >= 0.6 is 0 Å².